The summed E-state index contributed by atoms with van der Waals surface area (Å²) in [5.74, 6) is -0.215. The topological polar surface area (TPSA) is 57.7 Å². The monoisotopic (exact) mass is 480 g/mol. The van der Waals surface area contributed by atoms with E-state index in [-0.39, 0.29) is 36.1 Å². The third-order valence-electron chi connectivity index (χ3n) is 7.39. The molecule has 2 heterocycles. The van der Waals surface area contributed by atoms with Gasteiger partial charge in [0.2, 0.25) is 5.91 Å². The van der Waals surface area contributed by atoms with Gasteiger partial charge in [-0.25, -0.2) is 0 Å². The Labute approximate surface area is 212 Å². The third-order valence-corrected chi connectivity index (χ3v) is 7.39. The van der Waals surface area contributed by atoms with Gasteiger partial charge < -0.3 is 9.80 Å². The smallest absolute Gasteiger partial charge is 0.254 e. The quantitative estimate of drug-likeness (QED) is 0.489. The molecule has 0 radical (unpaired) electrons. The summed E-state index contributed by atoms with van der Waals surface area (Å²) in [6.45, 7) is 4.79. The van der Waals surface area contributed by atoms with Crippen molar-refractivity contribution in [1.82, 2.24) is 9.80 Å². The predicted octanol–water partition coefficient (Wildman–Crippen LogP) is 5.18. The zero-order chi connectivity index (χ0) is 25.2. The summed E-state index contributed by atoms with van der Waals surface area (Å²) < 4.78 is 0. The lowest BCUT2D eigenvalue weighted by molar-refractivity contribution is -0.138. The Kier molecular flexibility index (Phi) is 6.73. The summed E-state index contributed by atoms with van der Waals surface area (Å²) in [5.41, 5.74) is 3.73. The number of likely N-dealkylation sites (tertiary alicyclic amines) is 2. The van der Waals surface area contributed by atoms with Gasteiger partial charge in [0.15, 0.2) is 5.78 Å². The minimum atomic E-state index is -0.558. The molecule has 0 aromatic heterocycles. The highest BCUT2D eigenvalue weighted by atomic mass is 16.2. The van der Waals surface area contributed by atoms with Crippen molar-refractivity contribution in [3.63, 3.8) is 0 Å². The Morgan fingerprint density at radius 3 is 2.22 bits per heavy atom. The maximum atomic E-state index is 14.0. The van der Waals surface area contributed by atoms with Gasteiger partial charge in [-0.1, -0.05) is 86.6 Å². The highest BCUT2D eigenvalue weighted by Crippen LogP contribution is 2.36. The lowest BCUT2D eigenvalue weighted by Gasteiger charge is -2.29. The van der Waals surface area contributed by atoms with Crippen molar-refractivity contribution in [2.24, 2.45) is 5.92 Å². The van der Waals surface area contributed by atoms with Crippen LogP contribution in [-0.4, -0.2) is 52.6 Å². The van der Waals surface area contributed by atoms with E-state index in [1.165, 1.54) is 0 Å². The first kappa shape index (κ1) is 24.0. The molecule has 5 heteroatoms. The first-order chi connectivity index (χ1) is 17.4. The molecule has 0 bridgehead atoms. The van der Waals surface area contributed by atoms with E-state index in [2.05, 4.69) is 38.1 Å². The van der Waals surface area contributed by atoms with Crippen molar-refractivity contribution in [3.05, 3.63) is 96.1 Å². The summed E-state index contributed by atoms with van der Waals surface area (Å²) in [6, 6.07) is 26.6. The maximum Gasteiger partial charge on any atom is 0.254 e. The number of benzene rings is 3. The number of ketones is 1. The number of amides is 2. The van der Waals surface area contributed by atoms with Gasteiger partial charge in [0.05, 0.1) is 18.5 Å². The molecule has 2 aliphatic heterocycles. The number of hydrogen-bond donors (Lipinski definition) is 0. The molecule has 36 heavy (non-hydrogen) atoms. The first-order valence-corrected chi connectivity index (χ1v) is 12.8. The molecule has 3 aromatic rings. The summed E-state index contributed by atoms with van der Waals surface area (Å²) in [5, 5.41) is 0. The van der Waals surface area contributed by atoms with Crippen LogP contribution in [-0.2, 0) is 9.59 Å². The van der Waals surface area contributed by atoms with Crippen molar-refractivity contribution in [1.29, 1.82) is 0 Å². The van der Waals surface area contributed by atoms with Crippen molar-refractivity contribution in [2.75, 3.05) is 13.1 Å². The van der Waals surface area contributed by atoms with Gasteiger partial charge in [-0.05, 0) is 47.6 Å². The van der Waals surface area contributed by atoms with Crippen LogP contribution in [0.1, 0.15) is 48.5 Å². The third kappa shape index (κ3) is 4.58. The average molecular weight is 481 g/mol. The van der Waals surface area contributed by atoms with Gasteiger partial charge in [0.25, 0.3) is 5.91 Å². The molecule has 2 amide bonds. The molecule has 5 nitrogen and oxygen atoms in total. The lowest BCUT2D eigenvalue weighted by Crippen LogP contribution is -2.45. The van der Waals surface area contributed by atoms with E-state index in [1.807, 2.05) is 48.5 Å². The fourth-order valence-corrected chi connectivity index (χ4v) is 5.70. The number of Topliss-reactive ketones (excluding diaryl/α,β-unsaturated/α-hetero) is 1. The second kappa shape index (κ2) is 10.1. The van der Waals surface area contributed by atoms with Crippen LogP contribution >= 0.6 is 0 Å². The molecule has 0 aliphatic carbocycles. The van der Waals surface area contributed by atoms with Gasteiger partial charge in [0.1, 0.15) is 6.04 Å². The van der Waals surface area contributed by atoms with Crippen LogP contribution in [0.4, 0.5) is 0 Å². The van der Waals surface area contributed by atoms with E-state index < -0.39 is 6.04 Å². The molecule has 184 valence electrons. The molecule has 0 spiro atoms. The number of nitrogens with zero attached hydrogens (tertiary/aromatic N) is 2. The molecule has 0 N–H and O–H groups in total. The number of rotatable bonds is 6. The highest BCUT2D eigenvalue weighted by molar-refractivity contribution is 6.02. The summed E-state index contributed by atoms with van der Waals surface area (Å²) >= 11 is 0. The molecule has 0 saturated carbocycles. The van der Waals surface area contributed by atoms with Gasteiger partial charge in [-0.3, -0.25) is 14.4 Å². The van der Waals surface area contributed by atoms with Crippen LogP contribution in [0.25, 0.3) is 11.1 Å². The minimum Gasteiger partial charge on any atom is -0.330 e. The van der Waals surface area contributed by atoms with Crippen molar-refractivity contribution in [3.8, 4) is 11.1 Å². The Morgan fingerprint density at radius 1 is 0.861 bits per heavy atom. The van der Waals surface area contributed by atoms with E-state index in [1.54, 1.807) is 21.9 Å². The van der Waals surface area contributed by atoms with Crippen LogP contribution in [0.3, 0.4) is 0 Å². The molecule has 3 aromatic carbocycles. The van der Waals surface area contributed by atoms with Gasteiger partial charge >= 0.3 is 0 Å². The molecule has 1 unspecified atom stereocenters. The number of hydrogen-bond acceptors (Lipinski definition) is 3. The highest BCUT2D eigenvalue weighted by Gasteiger charge is 2.52. The van der Waals surface area contributed by atoms with E-state index in [9.17, 15) is 14.4 Å². The maximum absolute atomic E-state index is 14.0. The second-order valence-corrected chi connectivity index (χ2v) is 10.3. The predicted molar refractivity (Wildman–Crippen MR) is 140 cm³/mol. The number of carbonyl (C=O) groups excluding carboxylic acids is 3. The van der Waals surface area contributed by atoms with Crippen molar-refractivity contribution < 1.29 is 14.4 Å². The Hall–Kier alpha value is -3.73. The van der Waals surface area contributed by atoms with Crippen LogP contribution in [0.15, 0.2) is 84.9 Å². The molecular formula is C31H32N2O3. The van der Waals surface area contributed by atoms with Crippen molar-refractivity contribution in [2.45, 2.75) is 44.7 Å². The summed E-state index contributed by atoms with van der Waals surface area (Å²) in [6.07, 6.45) is 1.32. The molecule has 3 atom stereocenters. The zero-order valence-corrected chi connectivity index (χ0v) is 20.8. The van der Waals surface area contributed by atoms with Crippen molar-refractivity contribution >= 4 is 17.6 Å². The van der Waals surface area contributed by atoms with E-state index in [4.69, 9.17) is 0 Å². The Bertz CT molecular complexity index is 1260. The van der Waals surface area contributed by atoms with Crippen LogP contribution in [0.5, 0.6) is 0 Å². The average Bonchev–Trinajstić information content (AvgIpc) is 3.49. The minimum absolute atomic E-state index is 0.0104. The Morgan fingerprint density at radius 2 is 1.53 bits per heavy atom. The molecular weight excluding hydrogens is 448 g/mol. The van der Waals surface area contributed by atoms with Crippen LogP contribution < -0.4 is 0 Å². The van der Waals surface area contributed by atoms with Crippen LogP contribution in [0, 0.1) is 5.92 Å². The van der Waals surface area contributed by atoms with E-state index in [0.717, 1.165) is 16.7 Å². The van der Waals surface area contributed by atoms with Gasteiger partial charge in [-0.15, -0.1) is 0 Å². The number of fused-ring (bicyclic) bond motifs is 1. The largest absolute Gasteiger partial charge is 0.330 e. The molecule has 2 aliphatic rings. The van der Waals surface area contributed by atoms with Crippen LogP contribution in [0.2, 0.25) is 0 Å². The zero-order valence-electron chi connectivity index (χ0n) is 20.8. The number of carbonyl (C=O) groups is 3. The SMILES string of the molecule is CC(C)CC(C(=O)N1CC[C@@H]2[C@H]1C(=O)CN2C(=O)c1ccccc1)c1cccc(-c2ccccc2)c1. The summed E-state index contributed by atoms with van der Waals surface area (Å²) in [4.78, 5) is 43.8. The first-order valence-electron chi connectivity index (χ1n) is 12.8. The molecule has 2 saturated heterocycles. The molecule has 2 fully saturated rings. The Balaban J connectivity index is 1.41. The summed E-state index contributed by atoms with van der Waals surface area (Å²) in [7, 11) is 0. The van der Waals surface area contributed by atoms with E-state index in [0.29, 0.717) is 30.9 Å². The van der Waals surface area contributed by atoms with Gasteiger partial charge in [-0.2, -0.15) is 0 Å². The van der Waals surface area contributed by atoms with Gasteiger partial charge in [0, 0.05) is 12.1 Å². The lowest BCUT2D eigenvalue weighted by atomic mass is 9.87. The van der Waals surface area contributed by atoms with E-state index >= 15 is 0 Å². The molecule has 5 rings (SSSR count). The fraction of sp³-hybridized carbons (Fsp3) is 0.323. The standard InChI is InChI=1S/C31H32N2O3/c1-21(2)18-26(25-15-9-14-24(19-25)22-10-5-3-6-11-22)31(36)32-17-16-27-29(32)28(34)20-33(27)30(35)23-12-7-4-8-13-23/h3-15,19,21,26-27,29H,16-18,20H2,1-2H3/t26?,27-,29+/m1/s1. The second-order valence-electron chi connectivity index (χ2n) is 10.3. The normalized spacial score (nSPS) is 20.0. The fourth-order valence-electron chi connectivity index (χ4n) is 5.70.